The Bertz CT molecular complexity index is 3320. The van der Waals surface area contributed by atoms with E-state index in [0.29, 0.717) is 22.3 Å². The molecule has 10 rings (SSSR count). The molecule has 0 amide bonds. The molecule has 8 nitrogen and oxygen atoms in total. The summed E-state index contributed by atoms with van der Waals surface area (Å²) < 4.78 is 0. The molecule has 10 heteroatoms. The predicted octanol–water partition coefficient (Wildman–Crippen LogP) is 13.1. The van der Waals surface area contributed by atoms with Gasteiger partial charge in [-0.2, -0.15) is 0 Å². The molecule has 0 aliphatic carbocycles. The van der Waals surface area contributed by atoms with E-state index in [4.69, 9.17) is 20.0 Å². The molecule has 0 aliphatic rings. The Kier molecular flexibility index (Phi) is 16.2. The van der Waals surface area contributed by atoms with Gasteiger partial charge in [0.05, 0.1) is 22.7 Å². The summed E-state index contributed by atoms with van der Waals surface area (Å²) in [5.74, 6) is -0.252. The molecule has 358 valence electrons. The first-order valence-corrected chi connectivity index (χ1v) is 23.0. The minimum absolute atomic E-state index is 0. The van der Waals surface area contributed by atoms with Crippen molar-refractivity contribution in [1.29, 1.82) is 0 Å². The molecule has 0 saturated heterocycles. The summed E-state index contributed by atoms with van der Waals surface area (Å²) in [5.41, 5.74) is 11.2. The first kappa shape index (κ1) is 52.0. The minimum Gasteiger partial charge on any atom is -0.872 e. The molecule has 0 aromatic heterocycles. The molecule has 0 unspecified atom stereocenters. The van der Waals surface area contributed by atoms with E-state index in [2.05, 4.69) is 0 Å². The van der Waals surface area contributed by atoms with Gasteiger partial charge in [-0.25, -0.2) is 0 Å². The maximum Gasteiger partial charge on any atom is 2.00 e. The van der Waals surface area contributed by atoms with Crippen LogP contribution in [0.4, 0.5) is 22.7 Å². The van der Waals surface area contributed by atoms with E-state index >= 15 is 0 Å². The third kappa shape index (κ3) is 10.6. The Labute approximate surface area is 439 Å². The molecule has 0 atom stereocenters. The van der Waals surface area contributed by atoms with Crippen molar-refractivity contribution >= 4 is 90.7 Å². The van der Waals surface area contributed by atoms with Gasteiger partial charge in [-0.05, 0) is 129 Å². The van der Waals surface area contributed by atoms with Gasteiger partial charge in [0.2, 0.25) is 0 Å². The van der Waals surface area contributed by atoms with Crippen LogP contribution in [-0.2, 0) is 33.6 Å². The van der Waals surface area contributed by atoms with Gasteiger partial charge < -0.3 is 20.4 Å². The average Bonchev–Trinajstić information content (AvgIpc) is 3.36. The number of hydrogen-bond acceptors (Lipinski definition) is 8. The average molecular weight is 1030 g/mol. The van der Waals surface area contributed by atoms with Crippen molar-refractivity contribution in [3.8, 4) is 23.0 Å². The van der Waals surface area contributed by atoms with Crippen molar-refractivity contribution in [2.24, 2.45) is 20.0 Å². The van der Waals surface area contributed by atoms with Crippen molar-refractivity contribution in [3.63, 3.8) is 0 Å². The summed E-state index contributed by atoms with van der Waals surface area (Å²) in [6.07, 6.45) is 6.62. The number of aryl methyl sites for hydroxylation is 4. The van der Waals surface area contributed by atoms with Crippen molar-refractivity contribution < 1.29 is 54.0 Å². The van der Waals surface area contributed by atoms with Crippen LogP contribution in [0, 0.1) is 41.5 Å². The molecule has 0 spiro atoms. The van der Waals surface area contributed by atoms with Gasteiger partial charge in [-0.3, -0.25) is 20.0 Å². The Morgan fingerprint density at radius 3 is 0.722 bits per heavy atom. The second-order valence-electron chi connectivity index (χ2n) is 17.5. The topological polar surface area (TPSA) is 142 Å². The van der Waals surface area contributed by atoms with Crippen LogP contribution < -0.4 is 20.4 Å². The maximum atomic E-state index is 12.6. The van der Waals surface area contributed by atoms with E-state index in [0.717, 1.165) is 99.2 Å². The molecule has 0 N–H and O–H groups in total. The van der Waals surface area contributed by atoms with Gasteiger partial charge >= 0.3 is 33.6 Å². The van der Waals surface area contributed by atoms with Gasteiger partial charge in [0.15, 0.2) is 0 Å². The molecule has 2 radical (unpaired) electrons. The number of nitrogens with zero attached hydrogens (tertiary/aromatic N) is 4. The van der Waals surface area contributed by atoms with Crippen LogP contribution in [0.3, 0.4) is 0 Å². The number of fused-ring (bicyclic) bond motifs is 4. The summed E-state index contributed by atoms with van der Waals surface area (Å²) >= 11 is 0. The van der Waals surface area contributed by atoms with E-state index in [1.54, 1.807) is 49.1 Å². The second kappa shape index (κ2) is 22.5. The number of benzene rings is 10. The van der Waals surface area contributed by atoms with Crippen LogP contribution in [0.1, 0.15) is 55.6 Å². The molecular weight excluding hydrogens is 983 g/mol. The molecule has 0 fully saturated rings. The summed E-state index contributed by atoms with van der Waals surface area (Å²) in [6.45, 7) is 12.0. The van der Waals surface area contributed by atoms with Crippen molar-refractivity contribution in [3.05, 3.63) is 213 Å². The SMILES string of the molecule is Cc1cc(C)c(N=Cc2c([O-])ccc3ccccc23)c(C)c1N=Cc1c([O-])ccc2ccccc12.Cc1cc(C)c(N=Cc2c([O-])ccc3ccccc23)c(C)c1N=Cc1c([O-])ccc2ccccc12.[Co+2].[Co+2]. The van der Waals surface area contributed by atoms with Gasteiger partial charge in [0.1, 0.15) is 0 Å². The van der Waals surface area contributed by atoms with Gasteiger partial charge in [0, 0.05) is 36.0 Å². The van der Waals surface area contributed by atoms with E-state index in [-0.39, 0.29) is 56.6 Å². The Hall–Kier alpha value is -7.87. The van der Waals surface area contributed by atoms with E-state index in [1.165, 1.54) is 0 Å². The summed E-state index contributed by atoms with van der Waals surface area (Å²) in [7, 11) is 0. The summed E-state index contributed by atoms with van der Waals surface area (Å²) in [5, 5.41) is 57.9. The van der Waals surface area contributed by atoms with Crippen LogP contribution in [-0.4, -0.2) is 24.9 Å². The van der Waals surface area contributed by atoms with Gasteiger partial charge in [0.25, 0.3) is 0 Å². The second-order valence-corrected chi connectivity index (χ2v) is 17.5. The molecule has 0 aliphatic heterocycles. The third-order valence-corrected chi connectivity index (χ3v) is 12.8. The normalized spacial score (nSPS) is 11.5. The Balaban J connectivity index is 0.000000206. The fraction of sp³-hybridized carbons (Fsp3) is 0.0968. The Morgan fingerprint density at radius 1 is 0.292 bits per heavy atom. The molecule has 10 aromatic rings. The zero-order valence-electron chi connectivity index (χ0n) is 40.4. The monoisotopic (exact) mass is 1030 g/mol. The number of hydrogen-bond donors (Lipinski definition) is 0. The minimum atomic E-state index is -0.0629. The molecule has 0 bridgehead atoms. The zero-order valence-corrected chi connectivity index (χ0v) is 42.5. The number of aliphatic imine (C=N–C) groups is 4. The van der Waals surface area contributed by atoms with E-state index in [1.807, 2.05) is 175 Å². The first-order valence-electron chi connectivity index (χ1n) is 23.0. The van der Waals surface area contributed by atoms with Crippen LogP contribution in [0.25, 0.3) is 43.1 Å². The fourth-order valence-corrected chi connectivity index (χ4v) is 9.28. The summed E-state index contributed by atoms with van der Waals surface area (Å²) in [6, 6.07) is 48.9. The third-order valence-electron chi connectivity index (χ3n) is 12.8. The Morgan fingerprint density at radius 2 is 0.500 bits per heavy atom. The van der Waals surface area contributed by atoms with Gasteiger partial charge in [-0.15, -0.1) is 0 Å². The molecule has 0 heterocycles. The smallest absolute Gasteiger partial charge is 0.872 e. The standard InChI is InChI=1S/2C31H26N2O2.2Co/c2*1-19-16-20(2)31(33-18-27-25-11-7-5-9-23(25)13-15-29(27)35)21(3)30(19)32-17-26-24-10-6-4-8-22(24)12-14-28(26)34;;/h2*4-18,34-35H,1-3H3;;/q;;2*+2/p-4. The van der Waals surface area contributed by atoms with Gasteiger partial charge in [-0.1, -0.05) is 181 Å². The zero-order chi connectivity index (χ0) is 49.1. The first-order chi connectivity index (χ1) is 33.9. The molecular formula is C62H48Co2N4O4. The van der Waals surface area contributed by atoms with Crippen LogP contribution in [0.5, 0.6) is 23.0 Å². The largest absolute Gasteiger partial charge is 2.00 e. The van der Waals surface area contributed by atoms with Crippen LogP contribution >= 0.6 is 0 Å². The van der Waals surface area contributed by atoms with Crippen molar-refractivity contribution in [1.82, 2.24) is 0 Å². The number of rotatable bonds is 8. The molecule has 0 saturated carbocycles. The quantitative estimate of drug-likeness (QED) is 0.140. The predicted molar refractivity (Wildman–Crippen MR) is 284 cm³/mol. The van der Waals surface area contributed by atoms with Crippen LogP contribution in [0.15, 0.2) is 178 Å². The fourth-order valence-electron chi connectivity index (χ4n) is 9.28. The van der Waals surface area contributed by atoms with E-state index < -0.39 is 0 Å². The summed E-state index contributed by atoms with van der Waals surface area (Å²) in [4.78, 5) is 19.0. The van der Waals surface area contributed by atoms with Crippen molar-refractivity contribution in [2.45, 2.75) is 41.5 Å². The maximum absolute atomic E-state index is 12.6. The van der Waals surface area contributed by atoms with Crippen molar-refractivity contribution in [2.75, 3.05) is 0 Å². The van der Waals surface area contributed by atoms with E-state index in [9.17, 15) is 20.4 Å². The van der Waals surface area contributed by atoms with Crippen LogP contribution in [0.2, 0.25) is 0 Å². The molecule has 72 heavy (non-hydrogen) atoms. The molecule has 10 aromatic carbocycles.